The van der Waals surface area contributed by atoms with Crippen molar-refractivity contribution in [2.75, 3.05) is 26.7 Å². The number of nitrogens with two attached hydrogens (primary N) is 1. The number of rotatable bonds is 6. The molecule has 3 rings (SSSR count). The Morgan fingerprint density at radius 3 is 2.89 bits per heavy atom. The zero-order valence-corrected chi connectivity index (χ0v) is 19.3. The van der Waals surface area contributed by atoms with E-state index in [-0.39, 0.29) is 29.9 Å². The van der Waals surface area contributed by atoms with Gasteiger partial charge in [0.25, 0.3) is 0 Å². The molecule has 1 aromatic heterocycles. The van der Waals surface area contributed by atoms with Crippen LogP contribution >= 0.6 is 35.3 Å². The van der Waals surface area contributed by atoms with Gasteiger partial charge in [0.15, 0.2) is 5.96 Å². The monoisotopic (exact) mass is 513 g/mol. The van der Waals surface area contributed by atoms with E-state index in [0.29, 0.717) is 12.3 Å². The summed E-state index contributed by atoms with van der Waals surface area (Å²) in [5.74, 6) is 0.993. The van der Waals surface area contributed by atoms with Gasteiger partial charge in [-0.25, -0.2) is 4.98 Å². The molecule has 8 heteroatoms. The Balaban J connectivity index is 0.00000280. The lowest BCUT2D eigenvalue weighted by molar-refractivity contribution is -0.119. The zero-order chi connectivity index (χ0) is 19.1. The van der Waals surface area contributed by atoms with Crippen LogP contribution in [0.2, 0.25) is 0 Å². The number of halogens is 1. The first kappa shape index (κ1) is 22.6. The van der Waals surface area contributed by atoms with Crippen LogP contribution in [0.5, 0.6) is 0 Å². The minimum absolute atomic E-state index is 0. The number of thiazole rings is 1. The topological polar surface area (TPSA) is 83.6 Å². The van der Waals surface area contributed by atoms with Crippen molar-refractivity contribution in [3.05, 3.63) is 41.4 Å². The lowest BCUT2D eigenvalue weighted by Crippen LogP contribution is -2.47. The number of benzene rings is 1. The lowest BCUT2D eigenvalue weighted by atomic mass is 9.95. The summed E-state index contributed by atoms with van der Waals surface area (Å²) in [4.78, 5) is 22.6. The maximum absolute atomic E-state index is 11.2. The third kappa shape index (κ3) is 6.44. The first-order valence-electron chi connectivity index (χ1n) is 9.39. The molecule has 2 heterocycles. The van der Waals surface area contributed by atoms with Gasteiger partial charge in [-0.15, -0.1) is 35.3 Å². The summed E-state index contributed by atoms with van der Waals surface area (Å²) in [6.07, 6.45) is 3.41. The Morgan fingerprint density at radius 1 is 1.39 bits per heavy atom. The zero-order valence-electron chi connectivity index (χ0n) is 16.1. The highest BCUT2D eigenvalue weighted by Gasteiger charge is 2.23. The summed E-state index contributed by atoms with van der Waals surface area (Å²) in [5.41, 5.74) is 7.61. The predicted octanol–water partition coefficient (Wildman–Crippen LogP) is 3.13. The second-order valence-corrected chi connectivity index (χ2v) is 7.72. The molecule has 0 aliphatic carbocycles. The van der Waals surface area contributed by atoms with Gasteiger partial charge in [0, 0.05) is 50.5 Å². The molecule has 1 saturated heterocycles. The van der Waals surface area contributed by atoms with Gasteiger partial charge in [-0.1, -0.05) is 30.3 Å². The number of piperidine rings is 1. The van der Waals surface area contributed by atoms with Crippen LogP contribution in [0.25, 0.3) is 10.6 Å². The van der Waals surface area contributed by atoms with E-state index < -0.39 is 0 Å². The molecule has 0 spiro atoms. The fourth-order valence-electron chi connectivity index (χ4n) is 3.48. The molecule has 1 unspecified atom stereocenters. The summed E-state index contributed by atoms with van der Waals surface area (Å²) < 4.78 is 0. The van der Waals surface area contributed by atoms with Crippen molar-refractivity contribution in [1.29, 1.82) is 0 Å². The van der Waals surface area contributed by atoms with Crippen LogP contribution < -0.4 is 11.1 Å². The van der Waals surface area contributed by atoms with Crippen molar-refractivity contribution in [1.82, 2.24) is 15.2 Å². The van der Waals surface area contributed by atoms with Gasteiger partial charge in [0.05, 0.1) is 5.69 Å². The first-order valence-corrected chi connectivity index (χ1v) is 10.3. The molecule has 1 atom stereocenters. The average Bonchev–Trinajstić information content (AvgIpc) is 3.15. The molecule has 1 aromatic carbocycles. The number of likely N-dealkylation sites (tertiary alicyclic amines) is 1. The number of nitrogens with one attached hydrogen (secondary N) is 1. The van der Waals surface area contributed by atoms with Crippen LogP contribution in [0.1, 0.15) is 25.0 Å². The molecule has 0 radical (unpaired) electrons. The van der Waals surface area contributed by atoms with Gasteiger partial charge >= 0.3 is 0 Å². The van der Waals surface area contributed by atoms with Crippen molar-refractivity contribution in [2.45, 2.75) is 25.7 Å². The second-order valence-electron chi connectivity index (χ2n) is 6.86. The number of carbonyl (C=O) groups excluding carboxylic acids is 1. The summed E-state index contributed by atoms with van der Waals surface area (Å²) >= 11 is 1.68. The molecule has 1 amide bonds. The Kier molecular flexibility index (Phi) is 9.17. The van der Waals surface area contributed by atoms with Gasteiger partial charge < -0.3 is 16.0 Å². The molecule has 28 heavy (non-hydrogen) atoms. The quantitative estimate of drug-likeness (QED) is 0.353. The number of primary amides is 1. The van der Waals surface area contributed by atoms with E-state index in [0.717, 1.165) is 61.1 Å². The summed E-state index contributed by atoms with van der Waals surface area (Å²) in [5, 5.41) is 6.61. The molecule has 152 valence electrons. The number of amides is 1. The van der Waals surface area contributed by atoms with Crippen LogP contribution in [-0.2, 0) is 11.2 Å². The van der Waals surface area contributed by atoms with Gasteiger partial charge in [-0.3, -0.25) is 9.79 Å². The Morgan fingerprint density at radius 2 is 2.18 bits per heavy atom. The van der Waals surface area contributed by atoms with Crippen molar-refractivity contribution < 1.29 is 4.79 Å². The summed E-state index contributed by atoms with van der Waals surface area (Å²) in [6, 6.07) is 10.3. The number of aromatic nitrogens is 1. The highest BCUT2D eigenvalue weighted by atomic mass is 127. The molecule has 2 aromatic rings. The number of hydrogen-bond acceptors (Lipinski definition) is 4. The maximum Gasteiger partial charge on any atom is 0.217 e. The molecule has 1 aliphatic heterocycles. The standard InChI is InChI=1S/C20H27N5OS.HI/c1-22-20(25-11-5-6-15(13-25)12-18(21)26)23-10-9-17-14-27-19(24-17)16-7-3-2-4-8-16;/h2-4,7-8,14-15H,5-6,9-13H2,1H3,(H2,21,26)(H,22,23);1H. The Hall–Kier alpha value is -1.68. The highest BCUT2D eigenvalue weighted by molar-refractivity contribution is 14.0. The number of hydrogen-bond donors (Lipinski definition) is 2. The highest BCUT2D eigenvalue weighted by Crippen LogP contribution is 2.23. The van der Waals surface area contributed by atoms with Gasteiger partial charge in [-0.05, 0) is 18.8 Å². The second kappa shape index (κ2) is 11.4. The first-order chi connectivity index (χ1) is 13.2. The molecule has 0 saturated carbocycles. The molecule has 6 nitrogen and oxygen atoms in total. The number of guanidine groups is 1. The van der Waals surface area contributed by atoms with E-state index in [2.05, 4.69) is 32.7 Å². The third-order valence-electron chi connectivity index (χ3n) is 4.76. The molecule has 1 aliphatic rings. The Labute approximate surface area is 187 Å². The van der Waals surface area contributed by atoms with Gasteiger partial charge in [0.1, 0.15) is 5.01 Å². The van der Waals surface area contributed by atoms with Crippen LogP contribution in [0.3, 0.4) is 0 Å². The van der Waals surface area contributed by atoms with Gasteiger partial charge in [0.2, 0.25) is 5.91 Å². The average molecular weight is 513 g/mol. The SMILES string of the molecule is CN=C(NCCc1csc(-c2ccccc2)n1)N1CCCC(CC(N)=O)C1.I. The van der Waals surface area contributed by atoms with E-state index >= 15 is 0 Å². The van der Waals surface area contributed by atoms with Crippen molar-refractivity contribution in [3.63, 3.8) is 0 Å². The number of aliphatic imine (C=N–C) groups is 1. The van der Waals surface area contributed by atoms with E-state index in [4.69, 9.17) is 10.7 Å². The fourth-order valence-corrected chi connectivity index (χ4v) is 4.34. The number of nitrogens with zero attached hydrogens (tertiary/aromatic N) is 3. The van der Waals surface area contributed by atoms with E-state index in [1.54, 1.807) is 18.4 Å². The molecule has 0 bridgehead atoms. The van der Waals surface area contributed by atoms with E-state index in [9.17, 15) is 4.79 Å². The number of carbonyl (C=O) groups is 1. The predicted molar refractivity (Wildman–Crippen MR) is 126 cm³/mol. The fraction of sp³-hybridized carbons (Fsp3) is 0.450. The molecule has 1 fully saturated rings. The minimum Gasteiger partial charge on any atom is -0.370 e. The largest absolute Gasteiger partial charge is 0.370 e. The van der Waals surface area contributed by atoms with Crippen LogP contribution in [-0.4, -0.2) is 48.4 Å². The normalized spacial score (nSPS) is 17.1. The van der Waals surface area contributed by atoms with Crippen LogP contribution in [0.15, 0.2) is 40.7 Å². The van der Waals surface area contributed by atoms with E-state index in [1.165, 1.54) is 0 Å². The Bertz CT molecular complexity index is 780. The molecular weight excluding hydrogens is 485 g/mol. The minimum atomic E-state index is -0.220. The summed E-state index contributed by atoms with van der Waals surface area (Å²) in [6.45, 7) is 2.57. The van der Waals surface area contributed by atoms with E-state index in [1.807, 2.05) is 18.2 Å². The maximum atomic E-state index is 11.2. The van der Waals surface area contributed by atoms with Crippen LogP contribution in [0, 0.1) is 5.92 Å². The molecular formula is C20H28IN5OS. The third-order valence-corrected chi connectivity index (χ3v) is 5.70. The summed E-state index contributed by atoms with van der Waals surface area (Å²) in [7, 11) is 1.80. The molecule has 3 N–H and O–H groups in total. The van der Waals surface area contributed by atoms with Crippen LogP contribution in [0.4, 0.5) is 0 Å². The van der Waals surface area contributed by atoms with Crippen molar-refractivity contribution >= 4 is 47.2 Å². The smallest absolute Gasteiger partial charge is 0.217 e. The van der Waals surface area contributed by atoms with Crippen molar-refractivity contribution in [2.24, 2.45) is 16.6 Å². The van der Waals surface area contributed by atoms with Crippen molar-refractivity contribution in [3.8, 4) is 10.6 Å². The lowest BCUT2D eigenvalue weighted by Gasteiger charge is -2.34. The van der Waals surface area contributed by atoms with Gasteiger partial charge in [-0.2, -0.15) is 0 Å².